The van der Waals surface area contributed by atoms with Gasteiger partial charge in [0.05, 0.1) is 19.3 Å². The van der Waals surface area contributed by atoms with Crippen molar-refractivity contribution in [3.05, 3.63) is 34.9 Å². The van der Waals surface area contributed by atoms with Crippen molar-refractivity contribution in [2.24, 2.45) is 0 Å². The van der Waals surface area contributed by atoms with Crippen LogP contribution in [-0.4, -0.2) is 72.4 Å². The van der Waals surface area contributed by atoms with Gasteiger partial charge >= 0.3 is 0 Å². The maximum atomic E-state index is 12.6. The molecular weight excluding hydrogens is 316 g/mol. The zero-order valence-corrected chi connectivity index (χ0v) is 13.9. The van der Waals surface area contributed by atoms with Crippen LogP contribution in [0.5, 0.6) is 0 Å². The minimum absolute atomic E-state index is 0.0106. The maximum absolute atomic E-state index is 12.6. The predicted molar refractivity (Wildman–Crippen MR) is 88.8 cm³/mol. The van der Waals surface area contributed by atoms with Gasteiger partial charge in [0.25, 0.3) is 5.91 Å². The lowest BCUT2D eigenvalue weighted by atomic mass is 10.0. The number of halogens is 1. The van der Waals surface area contributed by atoms with Gasteiger partial charge in [0.2, 0.25) is 0 Å². The molecule has 2 aliphatic rings. The molecule has 1 N–H and O–H groups in total. The van der Waals surface area contributed by atoms with Gasteiger partial charge in [0, 0.05) is 42.8 Å². The number of carbonyl (C=O) groups is 1. The van der Waals surface area contributed by atoms with E-state index in [0.29, 0.717) is 30.1 Å². The fourth-order valence-electron chi connectivity index (χ4n) is 3.39. The minimum atomic E-state index is -0.392. The van der Waals surface area contributed by atoms with Crippen LogP contribution in [0.1, 0.15) is 23.2 Å². The van der Waals surface area contributed by atoms with E-state index in [1.807, 2.05) is 4.90 Å². The van der Waals surface area contributed by atoms with Gasteiger partial charge in [0.15, 0.2) is 0 Å². The zero-order valence-electron chi connectivity index (χ0n) is 13.2. The third-order valence-corrected chi connectivity index (χ3v) is 4.98. The highest BCUT2D eigenvalue weighted by atomic mass is 35.5. The summed E-state index contributed by atoms with van der Waals surface area (Å²) in [6, 6.07) is 7.09. The van der Waals surface area contributed by atoms with Gasteiger partial charge in [-0.2, -0.15) is 0 Å². The Morgan fingerprint density at radius 2 is 1.74 bits per heavy atom. The van der Waals surface area contributed by atoms with Crippen LogP contribution in [0.15, 0.2) is 24.3 Å². The Hall–Kier alpha value is -1.14. The summed E-state index contributed by atoms with van der Waals surface area (Å²) in [6.07, 6.45) is 1.01. The van der Waals surface area contributed by atoms with Gasteiger partial charge in [-0.3, -0.25) is 9.69 Å². The second-order valence-corrected chi connectivity index (χ2v) is 6.60. The molecule has 0 radical (unpaired) electrons. The molecule has 1 aromatic carbocycles. The fraction of sp³-hybridized carbons (Fsp3) is 0.588. The Balaban J connectivity index is 1.64. The van der Waals surface area contributed by atoms with Crippen LogP contribution in [0.3, 0.4) is 0 Å². The second kappa shape index (κ2) is 7.62. The Bertz CT molecular complexity index is 531. The van der Waals surface area contributed by atoms with Crippen molar-refractivity contribution in [1.29, 1.82) is 0 Å². The van der Waals surface area contributed by atoms with Gasteiger partial charge in [-0.1, -0.05) is 11.6 Å². The summed E-state index contributed by atoms with van der Waals surface area (Å²) < 4.78 is 5.39. The first-order valence-electron chi connectivity index (χ1n) is 8.20. The highest BCUT2D eigenvalue weighted by Crippen LogP contribution is 2.20. The Kier molecular flexibility index (Phi) is 5.54. The number of carbonyl (C=O) groups excluding carboxylic acids is 1. The number of amides is 1. The standard InChI is InChI=1S/C17H23ClN2O3/c18-14-3-1-13(2-4-14)17(22)20-7-5-15(16(21)6-8-20)19-9-11-23-12-10-19/h1-4,15-16,21H,5-12H2/t15-,16-/m0/s1. The number of aliphatic hydroxyl groups excluding tert-OH is 1. The lowest BCUT2D eigenvalue weighted by Crippen LogP contribution is -2.49. The number of nitrogens with zero attached hydrogens (tertiary/aromatic N) is 2. The predicted octanol–water partition coefficient (Wildman–Crippen LogP) is 1.64. The number of ether oxygens (including phenoxy) is 1. The SMILES string of the molecule is O=C(c1ccc(Cl)cc1)N1CC[C@H](O)[C@@H](N2CCOCC2)CC1. The Labute approximate surface area is 141 Å². The molecule has 0 unspecified atom stereocenters. The molecule has 2 atom stereocenters. The van der Waals surface area contributed by atoms with Gasteiger partial charge in [0.1, 0.15) is 0 Å². The molecule has 3 rings (SSSR count). The number of hydrogen-bond acceptors (Lipinski definition) is 4. The van der Waals surface area contributed by atoms with E-state index in [4.69, 9.17) is 16.3 Å². The number of likely N-dealkylation sites (tertiary alicyclic amines) is 1. The molecule has 23 heavy (non-hydrogen) atoms. The lowest BCUT2D eigenvalue weighted by Gasteiger charge is -2.36. The number of rotatable bonds is 2. The van der Waals surface area contributed by atoms with Crippen molar-refractivity contribution in [1.82, 2.24) is 9.80 Å². The summed E-state index contributed by atoms with van der Waals surface area (Å²) in [5, 5.41) is 11.1. The van der Waals surface area contributed by atoms with Crippen LogP contribution in [0.2, 0.25) is 5.02 Å². The number of morpholine rings is 1. The van der Waals surface area contributed by atoms with Crippen molar-refractivity contribution < 1.29 is 14.6 Å². The molecule has 0 bridgehead atoms. The monoisotopic (exact) mass is 338 g/mol. The van der Waals surface area contributed by atoms with E-state index < -0.39 is 6.10 Å². The van der Waals surface area contributed by atoms with Crippen LogP contribution in [-0.2, 0) is 4.74 Å². The highest BCUT2D eigenvalue weighted by Gasteiger charge is 2.31. The molecule has 0 spiro atoms. The zero-order chi connectivity index (χ0) is 16.2. The molecule has 1 aromatic rings. The highest BCUT2D eigenvalue weighted by molar-refractivity contribution is 6.30. The molecule has 1 amide bonds. The summed E-state index contributed by atoms with van der Waals surface area (Å²) in [6.45, 7) is 4.40. The molecule has 6 heteroatoms. The van der Waals surface area contributed by atoms with Gasteiger partial charge in [-0.05, 0) is 37.1 Å². The van der Waals surface area contributed by atoms with Crippen LogP contribution in [0.4, 0.5) is 0 Å². The summed E-state index contributed by atoms with van der Waals surface area (Å²) in [5.41, 5.74) is 0.647. The van der Waals surface area contributed by atoms with Crippen molar-refractivity contribution in [3.8, 4) is 0 Å². The molecule has 0 saturated carbocycles. The fourth-order valence-corrected chi connectivity index (χ4v) is 3.51. The van der Waals surface area contributed by atoms with Crippen molar-refractivity contribution in [3.63, 3.8) is 0 Å². The van der Waals surface area contributed by atoms with Crippen LogP contribution in [0.25, 0.3) is 0 Å². The Morgan fingerprint density at radius 1 is 1.09 bits per heavy atom. The normalized spacial score (nSPS) is 26.8. The third-order valence-electron chi connectivity index (χ3n) is 4.73. The van der Waals surface area contributed by atoms with Gasteiger partial charge < -0.3 is 14.7 Å². The molecule has 2 heterocycles. The average Bonchev–Trinajstić information content (AvgIpc) is 2.77. The Morgan fingerprint density at radius 3 is 2.43 bits per heavy atom. The molecule has 2 fully saturated rings. The van der Waals surface area contributed by atoms with Crippen molar-refractivity contribution >= 4 is 17.5 Å². The summed E-state index contributed by atoms with van der Waals surface area (Å²) in [4.78, 5) is 16.8. The van der Waals surface area contributed by atoms with Crippen LogP contribution < -0.4 is 0 Å². The quantitative estimate of drug-likeness (QED) is 0.890. The van der Waals surface area contributed by atoms with Crippen LogP contribution in [0, 0.1) is 0 Å². The summed E-state index contributed by atoms with van der Waals surface area (Å²) >= 11 is 5.88. The van der Waals surface area contributed by atoms with E-state index in [9.17, 15) is 9.90 Å². The largest absolute Gasteiger partial charge is 0.391 e. The molecule has 2 aliphatic heterocycles. The molecular formula is C17H23ClN2O3. The van der Waals surface area contributed by atoms with E-state index in [0.717, 1.165) is 32.7 Å². The first-order valence-corrected chi connectivity index (χ1v) is 8.57. The van der Waals surface area contributed by atoms with E-state index in [1.54, 1.807) is 24.3 Å². The van der Waals surface area contributed by atoms with Gasteiger partial charge in [-0.25, -0.2) is 0 Å². The third kappa shape index (κ3) is 4.04. The number of benzene rings is 1. The number of aliphatic hydroxyl groups is 1. The van der Waals surface area contributed by atoms with E-state index in [2.05, 4.69) is 4.90 Å². The molecule has 0 aromatic heterocycles. The first-order chi connectivity index (χ1) is 11.1. The summed E-state index contributed by atoms with van der Waals surface area (Å²) in [7, 11) is 0. The van der Waals surface area contributed by atoms with E-state index in [-0.39, 0.29) is 11.9 Å². The van der Waals surface area contributed by atoms with Crippen molar-refractivity contribution in [2.75, 3.05) is 39.4 Å². The molecule has 2 saturated heterocycles. The molecule has 126 valence electrons. The van der Waals surface area contributed by atoms with E-state index >= 15 is 0 Å². The summed E-state index contributed by atoms with van der Waals surface area (Å²) in [5.74, 6) is 0.0106. The topological polar surface area (TPSA) is 53.0 Å². The smallest absolute Gasteiger partial charge is 0.253 e. The number of hydrogen-bond donors (Lipinski definition) is 1. The maximum Gasteiger partial charge on any atom is 0.253 e. The van der Waals surface area contributed by atoms with Gasteiger partial charge in [-0.15, -0.1) is 0 Å². The first kappa shape index (κ1) is 16.7. The molecule has 5 nitrogen and oxygen atoms in total. The van der Waals surface area contributed by atoms with Crippen LogP contribution >= 0.6 is 11.6 Å². The van der Waals surface area contributed by atoms with E-state index in [1.165, 1.54) is 0 Å². The van der Waals surface area contributed by atoms with Crippen molar-refractivity contribution in [2.45, 2.75) is 25.0 Å². The average molecular weight is 339 g/mol. The minimum Gasteiger partial charge on any atom is -0.391 e. The molecule has 0 aliphatic carbocycles. The lowest BCUT2D eigenvalue weighted by molar-refractivity contribution is -0.0222. The second-order valence-electron chi connectivity index (χ2n) is 6.16.